The molecule has 0 amide bonds. The van der Waals surface area contributed by atoms with Crippen LogP contribution in [-0.4, -0.2) is 33.7 Å². The monoisotopic (exact) mass is 271 g/mol. The van der Waals surface area contributed by atoms with Crippen LogP contribution < -0.4 is 4.90 Å². The lowest BCUT2D eigenvalue weighted by Crippen LogP contribution is -2.09. The normalized spacial score (nSPS) is 11.0. The Morgan fingerprint density at radius 3 is 2.70 bits per heavy atom. The van der Waals surface area contributed by atoms with Gasteiger partial charge in [-0.3, -0.25) is 0 Å². The van der Waals surface area contributed by atoms with Crippen molar-refractivity contribution in [3.8, 4) is 11.3 Å². The number of nitrogens with zero attached hydrogens (tertiary/aromatic N) is 5. The first-order valence-electron chi connectivity index (χ1n) is 6.21. The number of imidazole rings is 1. The van der Waals surface area contributed by atoms with Gasteiger partial charge < -0.3 is 4.90 Å². The van der Waals surface area contributed by atoms with Gasteiger partial charge in [-0.1, -0.05) is 0 Å². The molecule has 3 heterocycles. The molecule has 0 unspecified atom stereocenters. The first-order chi connectivity index (χ1) is 9.54. The second-order valence-corrected chi connectivity index (χ2v) is 4.85. The highest BCUT2D eigenvalue weighted by molar-refractivity contribution is 5.62. The van der Waals surface area contributed by atoms with Crippen LogP contribution >= 0.6 is 0 Å². The second-order valence-electron chi connectivity index (χ2n) is 4.85. The summed E-state index contributed by atoms with van der Waals surface area (Å²) in [6.07, 6.45) is 3.45. The van der Waals surface area contributed by atoms with Crippen molar-refractivity contribution in [3.63, 3.8) is 0 Å². The summed E-state index contributed by atoms with van der Waals surface area (Å²) in [4.78, 5) is 10.7. The van der Waals surface area contributed by atoms with E-state index in [4.69, 9.17) is 0 Å². The summed E-state index contributed by atoms with van der Waals surface area (Å²) in [6.45, 7) is 1.67. The van der Waals surface area contributed by atoms with Crippen molar-refractivity contribution in [1.29, 1.82) is 0 Å². The largest absolute Gasteiger partial charge is 0.363 e. The molecule has 0 saturated heterocycles. The van der Waals surface area contributed by atoms with Crippen molar-refractivity contribution in [3.05, 3.63) is 42.1 Å². The van der Waals surface area contributed by atoms with Gasteiger partial charge >= 0.3 is 0 Å². The fourth-order valence-electron chi connectivity index (χ4n) is 1.93. The number of halogens is 1. The maximum absolute atomic E-state index is 13.4. The SMILES string of the molecule is Cc1cc2nc(-c3ccc(N(C)C)nc3)cn2nc1F. The molecule has 3 aromatic heterocycles. The Morgan fingerprint density at radius 2 is 2.05 bits per heavy atom. The summed E-state index contributed by atoms with van der Waals surface area (Å²) >= 11 is 0. The molecule has 0 saturated carbocycles. The maximum atomic E-state index is 13.4. The predicted octanol–water partition coefficient (Wildman–Crippen LogP) is 2.30. The molecular formula is C14H14FN5. The molecule has 20 heavy (non-hydrogen) atoms. The van der Waals surface area contributed by atoms with Gasteiger partial charge in [-0.05, 0) is 25.1 Å². The fraction of sp³-hybridized carbons (Fsp3) is 0.214. The molecule has 0 bridgehead atoms. The van der Waals surface area contributed by atoms with Crippen molar-refractivity contribution in [2.75, 3.05) is 19.0 Å². The van der Waals surface area contributed by atoms with E-state index in [0.717, 1.165) is 17.1 Å². The summed E-state index contributed by atoms with van der Waals surface area (Å²) in [5.41, 5.74) is 2.70. The van der Waals surface area contributed by atoms with Crippen LogP contribution in [0.1, 0.15) is 5.56 Å². The van der Waals surface area contributed by atoms with E-state index >= 15 is 0 Å². The Kier molecular flexibility index (Phi) is 2.85. The first kappa shape index (κ1) is 12.5. The molecule has 0 atom stereocenters. The first-order valence-corrected chi connectivity index (χ1v) is 6.21. The summed E-state index contributed by atoms with van der Waals surface area (Å²) in [5.74, 6) is 0.389. The zero-order valence-electron chi connectivity index (χ0n) is 11.5. The molecule has 0 aromatic carbocycles. The van der Waals surface area contributed by atoms with Crippen molar-refractivity contribution in [2.24, 2.45) is 0 Å². The molecule has 0 N–H and O–H groups in total. The average molecular weight is 271 g/mol. The van der Waals surface area contributed by atoms with Crippen molar-refractivity contribution in [1.82, 2.24) is 19.6 Å². The highest BCUT2D eigenvalue weighted by Gasteiger charge is 2.09. The van der Waals surface area contributed by atoms with Crippen LogP contribution in [0, 0.1) is 12.9 Å². The van der Waals surface area contributed by atoms with E-state index in [9.17, 15) is 4.39 Å². The minimum absolute atomic E-state index is 0.482. The van der Waals surface area contributed by atoms with E-state index in [2.05, 4.69) is 15.1 Å². The van der Waals surface area contributed by atoms with Gasteiger partial charge in [0.05, 0.1) is 11.9 Å². The third kappa shape index (κ3) is 2.09. The van der Waals surface area contributed by atoms with E-state index in [1.165, 1.54) is 4.52 Å². The Bertz CT molecular complexity index is 722. The maximum Gasteiger partial charge on any atom is 0.234 e. The predicted molar refractivity (Wildman–Crippen MR) is 75.2 cm³/mol. The van der Waals surface area contributed by atoms with Crippen LogP contribution in [0.25, 0.3) is 16.9 Å². The molecule has 0 aliphatic heterocycles. The topological polar surface area (TPSA) is 46.3 Å². The fourth-order valence-corrected chi connectivity index (χ4v) is 1.93. The summed E-state index contributed by atoms with van der Waals surface area (Å²) in [6, 6.07) is 5.53. The van der Waals surface area contributed by atoms with Crippen LogP contribution in [0.15, 0.2) is 30.6 Å². The average Bonchev–Trinajstić information content (AvgIpc) is 2.82. The van der Waals surface area contributed by atoms with E-state index in [0.29, 0.717) is 11.2 Å². The third-order valence-corrected chi connectivity index (χ3v) is 3.08. The quantitative estimate of drug-likeness (QED) is 0.717. The zero-order valence-corrected chi connectivity index (χ0v) is 11.5. The van der Waals surface area contributed by atoms with Gasteiger partial charge in [-0.25, -0.2) is 14.5 Å². The smallest absolute Gasteiger partial charge is 0.234 e. The van der Waals surface area contributed by atoms with Gasteiger partial charge in [-0.2, -0.15) is 4.39 Å². The number of pyridine rings is 1. The van der Waals surface area contributed by atoms with E-state index < -0.39 is 5.95 Å². The number of aryl methyl sites for hydroxylation is 1. The van der Waals surface area contributed by atoms with E-state index in [-0.39, 0.29) is 0 Å². The van der Waals surface area contributed by atoms with Crippen LogP contribution in [0.5, 0.6) is 0 Å². The molecular weight excluding hydrogens is 257 g/mol. The standard InChI is InChI=1S/C14H14FN5/c1-9-6-13-17-11(8-20(13)18-14(9)15)10-4-5-12(16-7-10)19(2)3/h4-8H,1-3H3. The lowest BCUT2D eigenvalue weighted by Gasteiger charge is -2.10. The Labute approximate surface area is 115 Å². The van der Waals surface area contributed by atoms with Crippen molar-refractivity contribution >= 4 is 11.5 Å². The molecule has 102 valence electrons. The van der Waals surface area contributed by atoms with E-state index in [1.54, 1.807) is 25.4 Å². The number of hydrogen-bond donors (Lipinski definition) is 0. The number of fused-ring (bicyclic) bond motifs is 1. The highest BCUT2D eigenvalue weighted by atomic mass is 19.1. The number of anilines is 1. The Balaban J connectivity index is 2.05. The Hall–Kier alpha value is -2.50. The molecule has 0 fully saturated rings. The van der Waals surface area contributed by atoms with Gasteiger partial charge in [0.15, 0.2) is 5.65 Å². The van der Waals surface area contributed by atoms with Crippen LogP contribution in [0.2, 0.25) is 0 Å². The summed E-state index contributed by atoms with van der Waals surface area (Å²) < 4.78 is 14.9. The molecule has 5 nitrogen and oxygen atoms in total. The summed E-state index contributed by atoms with van der Waals surface area (Å²) in [5, 5.41) is 3.83. The number of rotatable bonds is 2. The molecule has 0 aliphatic rings. The lowest BCUT2D eigenvalue weighted by molar-refractivity contribution is 0.546. The zero-order chi connectivity index (χ0) is 14.3. The van der Waals surface area contributed by atoms with Crippen LogP contribution in [-0.2, 0) is 0 Å². The lowest BCUT2D eigenvalue weighted by atomic mass is 10.2. The summed E-state index contributed by atoms with van der Waals surface area (Å²) in [7, 11) is 3.87. The van der Waals surface area contributed by atoms with Crippen molar-refractivity contribution in [2.45, 2.75) is 6.92 Å². The van der Waals surface area contributed by atoms with Crippen LogP contribution in [0.3, 0.4) is 0 Å². The van der Waals surface area contributed by atoms with Crippen molar-refractivity contribution < 1.29 is 4.39 Å². The van der Waals surface area contributed by atoms with Gasteiger partial charge in [0.2, 0.25) is 5.95 Å². The molecule has 0 aliphatic carbocycles. The molecule has 6 heteroatoms. The minimum atomic E-state index is -0.484. The van der Waals surface area contributed by atoms with Gasteiger partial charge in [0.1, 0.15) is 5.82 Å². The number of hydrogen-bond acceptors (Lipinski definition) is 4. The Morgan fingerprint density at radius 1 is 1.25 bits per heavy atom. The number of aromatic nitrogens is 4. The van der Waals surface area contributed by atoms with Gasteiger partial charge in [-0.15, -0.1) is 5.10 Å². The minimum Gasteiger partial charge on any atom is -0.363 e. The van der Waals surface area contributed by atoms with Gasteiger partial charge in [0.25, 0.3) is 0 Å². The molecule has 3 rings (SSSR count). The highest BCUT2D eigenvalue weighted by Crippen LogP contribution is 2.20. The molecule has 0 radical (unpaired) electrons. The van der Waals surface area contributed by atoms with Gasteiger partial charge in [0, 0.05) is 31.4 Å². The molecule has 0 spiro atoms. The third-order valence-electron chi connectivity index (χ3n) is 3.08. The van der Waals surface area contributed by atoms with E-state index in [1.807, 2.05) is 31.1 Å². The van der Waals surface area contributed by atoms with Crippen LogP contribution in [0.4, 0.5) is 10.2 Å². The second kappa shape index (κ2) is 4.56. The molecule has 3 aromatic rings.